The molecule has 0 unspecified atom stereocenters. The molecule has 0 bridgehead atoms. The van der Waals surface area contributed by atoms with Crippen molar-refractivity contribution in [2.24, 2.45) is 0 Å². The molecule has 0 amide bonds. The molecular weight excluding hydrogens is 274 g/mol. The smallest absolute Gasteiger partial charge is 0.336 e. The third-order valence-electron chi connectivity index (χ3n) is 3.47. The van der Waals surface area contributed by atoms with Crippen LogP contribution in [0.25, 0.3) is 10.1 Å². The van der Waals surface area contributed by atoms with Crippen LogP contribution in [0.2, 0.25) is 0 Å². The Morgan fingerprint density at radius 2 is 2.35 bits per heavy atom. The van der Waals surface area contributed by atoms with Gasteiger partial charge in [0.2, 0.25) is 0 Å². The van der Waals surface area contributed by atoms with E-state index in [9.17, 15) is 4.79 Å². The van der Waals surface area contributed by atoms with Crippen LogP contribution >= 0.6 is 11.3 Å². The Balaban J connectivity index is 1.69. The standard InChI is InChI=1S/C15H17NO3S/c1-18-15(17)13-10-16(6-7-19-13)9-12-8-11-4-2-3-5-14(11)20-12/h2-5,8,13H,6-7,9-10H2,1H3/t13-/m1/s1. The lowest BCUT2D eigenvalue weighted by atomic mass is 10.2. The molecule has 0 radical (unpaired) electrons. The molecule has 4 nitrogen and oxygen atoms in total. The molecule has 0 N–H and O–H groups in total. The number of ether oxygens (including phenoxy) is 2. The largest absolute Gasteiger partial charge is 0.467 e. The number of hydrogen-bond acceptors (Lipinski definition) is 5. The van der Waals surface area contributed by atoms with Gasteiger partial charge in [0.05, 0.1) is 13.7 Å². The summed E-state index contributed by atoms with van der Waals surface area (Å²) in [5.41, 5.74) is 0. The number of fused-ring (bicyclic) bond motifs is 1. The minimum atomic E-state index is -0.455. The van der Waals surface area contributed by atoms with Crippen molar-refractivity contribution < 1.29 is 14.3 Å². The van der Waals surface area contributed by atoms with Gasteiger partial charge in [-0.3, -0.25) is 4.90 Å². The lowest BCUT2D eigenvalue weighted by molar-refractivity contribution is -0.159. The maximum atomic E-state index is 11.5. The lowest BCUT2D eigenvalue weighted by Gasteiger charge is -2.30. The summed E-state index contributed by atoms with van der Waals surface area (Å²) in [7, 11) is 1.40. The molecule has 1 aromatic heterocycles. The number of nitrogens with zero attached hydrogens (tertiary/aromatic N) is 1. The molecule has 0 spiro atoms. The summed E-state index contributed by atoms with van der Waals surface area (Å²) in [6, 6.07) is 10.6. The molecule has 1 fully saturated rings. The highest BCUT2D eigenvalue weighted by Gasteiger charge is 2.27. The first-order valence-corrected chi connectivity index (χ1v) is 7.47. The van der Waals surface area contributed by atoms with Gasteiger partial charge in [0.25, 0.3) is 0 Å². The number of esters is 1. The van der Waals surface area contributed by atoms with Gasteiger partial charge in [-0.1, -0.05) is 18.2 Å². The van der Waals surface area contributed by atoms with Gasteiger partial charge in [-0.2, -0.15) is 0 Å². The third kappa shape index (κ3) is 2.85. The minimum absolute atomic E-state index is 0.286. The van der Waals surface area contributed by atoms with Crippen molar-refractivity contribution in [2.75, 3.05) is 26.8 Å². The molecule has 1 aromatic carbocycles. The van der Waals surface area contributed by atoms with Crippen LogP contribution in [0.4, 0.5) is 0 Å². The monoisotopic (exact) mass is 291 g/mol. The van der Waals surface area contributed by atoms with Crippen LogP contribution < -0.4 is 0 Å². The number of benzene rings is 1. The molecule has 2 aromatic rings. The minimum Gasteiger partial charge on any atom is -0.467 e. The van der Waals surface area contributed by atoms with Crippen molar-refractivity contribution in [1.29, 1.82) is 0 Å². The van der Waals surface area contributed by atoms with E-state index in [1.807, 2.05) is 11.3 Å². The predicted octanol–water partition coefficient (Wildman–Crippen LogP) is 2.28. The van der Waals surface area contributed by atoms with Crippen LogP contribution in [-0.2, 0) is 20.8 Å². The van der Waals surface area contributed by atoms with Crippen molar-refractivity contribution in [3.8, 4) is 0 Å². The Labute approximate surface area is 121 Å². The van der Waals surface area contributed by atoms with Crippen LogP contribution in [0.15, 0.2) is 30.3 Å². The topological polar surface area (TPSA) is 38.8 Å². The highest BCUT2D eigenvalue weighted by Crippen LogP contribution is 2.26. The fourth-order valence-corrected chi connectivity index (χ4v) is 3.56. The lowest BCUT2D eigenvalue weighted by Crippen LogP contribution is -2.45. The van der Waals surface area contributed by atoms with Gasteiger partial charge in [-0.05, 0) is 17.5 Å². The van der Waals surface area contributed by atoms with Gasteiger partial charge in [0, 0.05) is 29.2 Å². The average Bonchev–Trinajstić information content (AvgIpc) is 2.88. The molecule has 1 aliphatic heterocycles. The zero-order valence-corrected chi connectivity index (χ0v) is 12.2. The molecule has 20 heavy (non-hydrogen) atoms. The molecule has 1 saturated heterocycles. The number of morpholine rings is 1. The first kappa shape index (κ1) is 13.5. The number of rotatable bonds is 3. The zero-order valence-electron chi connectivity index (χ0n) is 11.4. The number of methoxy groups -OCH3 is 1. The van der Waals surface area contributed by atoms with E-state index in [1.54, 1.807) is 0 Å². The summed E-state index contributed by atoms with van der Waals surface area (Å²) in [6.45, 7) is 2.88. The zero-order chi connectivity index (χ0) is 13.9. The molecule has 0 saturated carbocycles. The molecule has 0 aliphatic carbocycles. The summed E-state index contributed by atoms with van der Waals surface area (Å²) in [5, 5.41) is 1.28. The third-order valence-corrected chi connectivity index (χ3v) is 4.57. The highest BCUT2D eigenvalue weighted by atomic mass is 32.1. The fraction of sp³-hybridized carbons (Fsp3) is 0.400. The van der Waals surface area contributed by atoms with E-state index in [4.69, 9.17) is 9.47 Å². The molecule has 5 heteroatoms. The van der Waals surface area contributed by atoms with Crippen LogP contribution in [-0.4, -0.2) is 43.8 Å². The van der Waals surface area contributed by atoms with Gasteiger partial charge in [-0.15, -0.1) is 11.3 Å². The predicted molar refractivity (Wildman–Crippen MR) is 78.9 cm³/mol. The molecule has 106 valence electrons. The summed E-state index contributed by atoms with van der Waals surface area (Å²) in [4.78, 5) is 15.1. The van der Waals surface area contributed by atoms with Crippen molar-refractivity contribution in [3.05, 3.63) is 35.2 Å². The molecular formula is C15H17NO3S. The highest BCUT2D eigenvalue weighted by molar-refractivity contribution is 7.19. The molecule has 3 rings (SSSR count). The molecule has 1 atom stereocenters. The Morgan fingerprint density at radius 1 is 1.50 bits per heavy atom. The van der Waals surface area contributed by atoms with Gasteiger partial charge in [0.15, 0.2) is 6.10 Å². The number of thiophene rings is 1. The van der Waals surface area contributed by atoms with E-state index in [-0.39, 0.29) is 5.97 Å². The van der Waals surface area contributed by atoms with E-state index >= 15 is 0 Å². The van der Waals surface area contributed by atoms with E-state index < -0.39 is 6.10 Å². The van der Waals surface area contributed by atoms with E-state index in [0.717, 1.165) is 13.1 Å². The van der Waals surface area contributed by atoms with Gasteiger partial charge >= 0.3 is 5.97 Å². The molecule has 2 heterocycles. The van der Waals surface area contributed by atoms with Crippen molar-refractivity contribution in [1.82, 2.24) is 4.90 Å². The van der Waals surface area contributed by atoms with E-state index in [1.165, 1.54) is 22.1 Å². The van der Waals surface area contributed by atoms with E-state index in [0.29, 0.717) is 13.2 Å². The second-order valence-corrected chi connectivity index (χ2v) is 6.04. The quantitative estimate of drug-likeness (QED) is 0.813. The summed E-state index contributed by atoms with van der Waals surface area (Å²) >= 11 is 1.81. The second-order valence-electron chi connectivity index (χ2n) is 4.87. The van der Waals surface area contributed by atoms with Crippen LogP contribution in [0.5, 0.6) is 0 Å². The Hall–Kier alpha value is -1.43. The van der Waals surface area contributed by atoms with Gasteiger partial charge in [-0.25, -0.2) is 4.79 Å². The van der Waals surface area contributed by atoms with Crippen LogP contribution in [0.3, 0.4) is 0 Å². The number of carbonyl (C=O) groups excluding carboxylic acids is 1. The molecule has 1 aliphatic rings. The maximum absolute atomic E-state index is 11.5. The normalized spacial score (nSPS) is 20.1. The SMILES string of the molecule is COC(=O)[C@H]1CN(Cc2cc3ccccc3s2)CCO1. The Kier molecular flexibility index (Phi) is 4.00. The average molecular weight is 291 g/mol. The second kappa shape index (κ2) is 5.91. The van der Waals surface area contributed by atoms with Gasteiger partial charge in [0.1, 0.15) is 0 Å². The van der Waals surface area contributed by atoms with Crippen molar-refractivity contribution in [3.63, 3.8) is 0 Å². The van der Waals surface area contributed by atoms with Crippen molar-refractivity contribution in [2.45, 2.75) is 12.6 Å². The van der Waals surface area contributed by atoms with E-state index in [2.05, 4.69) is 35.2 Å². The summed E-state index contributed by atoms with van der Waals surface area (Å²) in [6.07, 6.45) is -0.455. The van der Waals surface area contributed by atoms with Crippen molar-refractivity contribution >= 4 is 27.4 Å². The maximum Gasteiger partial charge on any atom is 0.336 e. The first-order valence-electron chi connectivity index (χ1n) is 6.65. The number of hydrogen-bond donors (Lipinski definition) is 0. The van der Waals surface area contributed by atoms with Crippen LogP contribution in [0, 0.1) is 0 Å². The van der Waals surface area contributed by atoms with Crippen LogP contribution in [0.1, 0.15) is 4.88 Å². The number of carbonyl (C=O) groups is 1. The summed E-state index contributed by atoms with van der Waals surface area (Å²) in [5.74, 6) is -0.286. The van der Waals surface area contributed by atoms with Gasteiger partial charge < -0.3 is 9.47 Å². The first-order chi connectivity index (χ1) is 9.76. The Bertz CT molecular complexity index is 577. The summed E-state index contributed by atoms with van der Waals surface area (Å²) < 4.78 is 11.5. The fourth-order valence-electron chi connectivity index (χ4n) is 2.46. The Morgan fingerprint density at radius 3 is 3.15 bits per heavy atom.